The van der Waals surface area contributed by atoms with Gasteiger partial charge >= 0.3 is 0 Å². The summed E-state index contributed by atoms with van der Waals surface area (Å²) in [5, 5.41) is 9.26. The Morgan fingerprint density at radius 3 is 2.55 bits per heavy atom. The lowest BCUT2D eigenvalue weighted by Crippen LogP contribution is -2.58. The molecule has 0 aromatic heterocycles. The summed E-state index contributed by atoms with van der Waals surface area (Å²) in [6.45, 7) is 1.95. The van der Waals surface area contributed by atoms with Crippen LogP contribution in [0.4, 0.5) is 0 Å². The predicted molar refractivity (Wildman–Crippen MR) is 127 cm³/mol. The molecule has 3 aliphatic rings. The van der Waals surface area contributed by atoms with Crippen LogP contribution >= 0.6 is 0 Å². The number of fused-ring (bicyclic) bond motifs is 2. The van der Waals surface area contributed by atoms with E-state index in [-0.39, 0.29) is 35.8 Å². The topological polar surface area (TPSA) is 90.5 Å². The molecule has 5 atom stereocenters. The third-order valence-electron chi connectivity index (χ3n) is 7.71. The number of hydrogen-bond acceptors (Lipinski definition) is 4. The molecule has 2 heterocycles. The van der Waals surface area contributed by atoms with Crippen molar-refractivity contribution >= 4 is 17.7 Å². The molecule has 0 saturated carbocycles. The van der Waals surface area contributed by atoms with Crippen molar-refractivity contribution in [2.75, 3.05) is 7.05 Å². The Labute approximate surface area is 197 Å². The van der Waals surface area contributed by atoms with Gasteiger partial charge in [0, 0.05) is 6.04 Å². The minimum atomic E-state index is -0.563. The van der Waals surface area contributed by atoms with E-state index in [4.69, 9.17) is 0 Å². The van der Waals surface area contributed by atoms with Gasteiger partial charge in [0.15, 0.2) is 0 Å². The zero-order chi connectivity index (χ0) is 23.4. The van der Waals surface area contributed by atoms with Crippen molar-refractivity contribution in [1.82, 2.24) is 20.9 Å². The Morgan fingerprint density at radius 1 is 1.00 bits per heavy atom. The molecule has 7 nitrogen and oxygen atoms in total. The number of hydrogen-bond donors (Lipinski definition) is 3. The van der Waals surface area contributed by atoms with E-state index in [1.807, 2.05) is 17.9 Å². The van der Waals surface area contributed by atoms with E-state index in [1.165, 1.54) is 11.1 Å². The average molecular weight is 455 g/mol. The van der Waals surface area contributed by atoms with Gasteiger partial charge in [0.1, 0.15) is 12.1 Å². The smallest absolute Gasteiger partial charge is 0.246 e. The normalized spacial score (nSPS) is 28.2. The highest BCUT2D eigenvalue weighted by Gasteiger charge is 2.44. The van der Waals surface area contributed by atoms with E-state index in [1.54, 1.807) is 7.05 Å². The fourth-order valence-corrected chi connectivity index (χ4v) is 5.89. The van der Waals surface area contributed by atoms with Gasteiger partial charge in [-0.2, -0.15) is 0 Å². The van der Waals surface area contributed by atoms with Crippen LogP contribution in [0.3, 0.4) is 0 Å². The lowest BCUT2D eigenvalue weighted by Gasteiger charge is -2.36. The van der Waals surface area contributed by atoms with E-state index >= 15 is 0 Å². The number of aryl methyl sites for hydroxylation is 1. The van der Waals surface area contributed by atoms with Crippen LogP contribution in [-0.2, 0) is 20.8 Å². The molecule has 1 aliphatic carbocycles. The second-order valence-corrected chi connectivity index (χ2v) is 9.74. The Morgan fingerprint density at radius 2 is 1.76 bits per heavy atom. The molecule has 3 amide bonds. The van der Waals surface area contributed by atoms with Gasteiger partial charge in [0.05, 0.1) is 12.1 Å². The molecule has 2 aliphatic heterocycles. The van der Waals surface area contributed by atoms with Gasteiger partial charge in [0.2, 0.25) is 17.7 Å². The molecule has 1 aromatic carbocycles. The quantitative estimate of drug-likeness (QED) is 0.616. The van der Waals surface area contributed by atoms with Gasteiger partial charge in [-0.25, -0.2) is 0 Å². The standard InChI is InChI=1S/C26H38N4O3/c1-3-20(27-2)24(31)29-22-13-7-5-11-18-15-16-23(30(18)26(22)33)25(32)28-21-14-8-10-17-9-4-6-12-19(17)21/h4,6,9,12,18,20-23,27H,3,5,7-8,10-11,13-16H2,1-2H3,(H,28,32)(H,29,31)/t18?,20-,21+,22-,23-/m0/s1. The van der Waals surface area contributed by atoms with Crippen LogP contribution in [0.15, 0.2) is 24.3 Å². The van der Waals surface area contributed by atoms with Crippen LogP contribution in [0, 0.1) is 0 Å². The van der Waals surface area contributed by atoms with Crippen molar-refractivity contribution in [2.45, 2.75) is 101 Å². The van der Waals surface area contributed by atoms with Gasteiger partial charge in [-0.1, -0.05) is 44.0 Å². The van der Waals surface area contributed by atoms with Crippen molar-refractivity contribution in [2.24, 2.45) is 0 Å². The molecule has 2 fully saturated rings. The maximum Gasteiger partial charge on any atom is 0.246 e. The summed E-state index contributed by atoms with van der Waals surface area (Å²) >= 11 is 0. The van der Waals surface area contributed by atoms with E-state index in [9.17, 15) is 14.4 Å². The second-order valence-electron chi connectivity index (χ2n) is 9.74. The second kappa shape index (κ2) is 10.7. The van der Waals surface area contributed by atoms with Crippen LogP contribution in [0.2, 0.25) is 0 Å². The summed E-state index contributed by atoms with van der Waals surface area (Å²) in [5.74, 6) is -0.296. The highest BCUT2D eigenvalue weighted by molar-refractivity contribution is 5.94. The molecule has 33 heavy (non-hydrogen) atoms. The van der Waals surface area contributed by atoms with E-state index < -0.39 is 12.1 Å². The molecule has 1 unspecified atom stereocenters. The third-order valence-corrected chi connectivity index (χ3v) is 7.71. The Balaban J connectivity index is 1.49. The van der Waals surface area contributed by atoms with Crippen molar-refractivity contribution in [1.29, 1.82) is 0 Å². The van der Waals surface area contributed by atoms with Crippen LogP contribution in [0.1, 0.15) is 81.9 Å². The first-order valence-electron chi connectivity index (χ1n) is 12.7. The first kappa shape index (κ1) is 23.7. The predicted octanol–water partition coefficient (Wildman–Crippen LogP) is 2.60. The molecule has 2 saturated heterocycles. The highest BCUT2D eigenvalue weighted by atomic mass is 16.2. The highest BCUT2D eigenvalue weighted by Crippen LogP contribution is 2.33. The summed E-state index contributed by atoms with van der Waals surface area (Å²) < 4.78 is 0. The van der Waals surface area contributed by atoms with Crippen LogP contribution in [-0.4, -0.2) is 53.8 Å². The summed E-state index contributed by atoms with van der Waals surface area (Å²) in [6.07, 6.45) is 8.68. The Hall–Kier alpha value is -2.41. The Bertz CT molecular complexity index is 869. The molecule has 4 rings (SSSR count). The number of nitrogens with one attached hydrogen (secondary N) is 3. The minimum Gasteiger partial charge on any atom is -0.347 e. The summed E-state index contributed by atoms with van der Waals surface area (Å²) in [4.78, 5) is 41.6. The van der Waals surface area contributed by atoms with Gasteiger partial charge in [-0.15, -0.1) is 0 Å². The van der Waals surface area contributed by atoms with Gasteiger partial charge in [0.25, 0.3) is 0 Å². The van der Waals surface area contributed by atoms with Crippen molar-refractivity contribution < 1.29 is 14.4 Å². The molecule has 180 valence electrons. The Kier molecular flexibility index (Phi) is 7.68. The van der Waals surface area contributed by atoms with Gasteiger partial charge < -0.3 is 20.9 Å². The summed E-state index contributed by atoms with van der Waals surface area (Å²) in [5.41, 5.74) is 2.51. The average Bonchev–Trinajstić information content (AvgIpc) is 3.24. The van der Waals surface area contributed by atoms with Crippen molar-refractivity contribution in [3.8, 4) is 0 Å². The SMILES string of the molecule is CC[C@H](NC)C(=O)N[C@H]1CCCCC2CC[C@@H](C(=O)N[C@@H]3CCCc4ccccc43)N2C1=O. The molecule has 0 radical (unpaired) electrons. The molecular weight excluding hydrogens is 416 g/mol. The molecule has 0 spiro atoms. The van der Waals surface area contributed by atoms with E-state index in [0.717, 1.165) is 44.9 Å². The van der Waals surface area contributed by atoms with Crippen LogP contribution in [0.25, 0.3) is 0 Å². The number of rotatable bonds is 6. The first-order chi connectivity index (χ1) is 16.0. The van der Waals surface area contributed by atoms with Gasteiger partial charge in [-0.05, 0) is 69.5 Å². The maximum atomic E-state index is 13.6. The van der Waals surface area contributed by atoms with Crippen LogP contribution < -0.4 is 16.0 Å². The summed E-state index contributed by atoms with van der Waals surface area (Å²) in [6, 6.07) is 7.07. The number of benzene rings is 1. The first-order valence-corrected chi connectivity index (χ1v) is 12.7. The zero-order valence-corrected chi connectivity index (χ0v) is 19.9. The lowest BCUT2D eigenvalue weighted by atomic mass is 9.87. The van der Waals surface area contributed by atoms with Crippen molar-refractivity contribution in [3.63, 3.8) is 0 Å². The monoisotopic (exact) mass is 454 g/mol. The third kappa shape index (κ3) is 5.08. The zero-order valence-electron chi connectivity index (χ0n) is 19.9. The fraction of sp³-hybridized carbons (Fsp3) is 0.654. The number of carbonyl (C=O) groups is 3. The molecule has 0 bridgehead atoms. The van der Waals surface area contributed by atoms with Gasteiger partial charge in [-0.3, -0.25) is 14.4 Å². The summed E-state index contributed by atoms with van der Waals surface area (Å²) in [7, 11) is 1.76. The van der Waals surface area contributed by atoms with E-state index in [2.05, 4.69) is 34.1 Å². The molecule has 3 N–H and O–H groups in total. The fourth-order valence-electron chi connectivity index (χ4n) is 5.89. The maximum absolute atomic E-state index is 13.6. The largest absolute Gasteiger partial charge is 0.347 e. The van der Waals surface area contributed by atoms with E-state index in [0.29, 0.717) is 19.3 Å². The molecular formula is C26H38N4O3. The number of nitrogens with zero attached hydrogens (tertiary/aromatic N) is 1. The number of carbonyl (C=O) groups excluding carboxylic acids is 3. The molecule has 7 heteroatoms. The van der Waals surface area contributed by atoms with Crippen molar-refractivity contribution in [3.05, 3.63) is 35.4 Å². The minimum absolute atomic E-state index is 0.00259. The molecule has 1 aromatic rings. The lowest BCUT2D eigenvalue weighted by molar-refractivity contribution is -0.144. The number of likely N-dealkylation sites (N-methyl/N-ethyl adjacent to an activating group) is 1. The van der Waals surface area contributed by atoms with Crippen LogP contribution in [0.5, 0.6) is 0 Å². The number of amides is 3.